The molecule has 1 aromatic rings. The van der Waals surface area contributed by atoms with Crippen LogP contribution in [0, 0.1) is 12.7 Å². The van der Waals surface area contributed by atoms with Crippen LogP contribution in [-0.2, 0) is 6.54 Å². The molecular weight excluding hydrogens is 191 g/mol. The van der Waals surface area contributed by atoms with E-state index in [9.17, 15) is 4.39 Å². The fourth-order valence-corrected chi connectivity index (χ4v) is 1.91. The molecule has 1 atom stereocenters. The number of aryl methyl sites for hydroxylation is 1. The van der Waals surface area contributed by atoms with Crippen molar-refractivity contribution in [3.05, 3.63) is 35.1 Å². The van der Waals surface area contributed by atoms with Crippen LogP contribution in [0.25, 0.3) is 0 Å². The highest BCUT2D eigenvalue weighted by Crippen LogP contribution is 2.09. The molecule has 1 unspecified atom stereocenters. The fourth-order valence-electron chi connectivity index (χ4n) is 1.91. The van der Waals surface area contributed by atoms with Gasteiger partial charge in [-0.05, 0) is 37.1 Å². The third-order valence-corrected chi connectivity index (χ3v) is 2.88. The Hall–Kier alpha value is -0.930. The molecule has 0 saturated carbocycles. The van der Waals surface area contributed by atoms with Crippen LogP contribution in [0.15, 0.2) is 18.2 Å². The van der Waals surface area contributed by atoms with Gasteiger partial charge in [-0.15, -0.1) is 0 Å². The van der Waals surface area contributed by atoms with Crippen LogP contribution in [0.4, 0.5) is 4.39 Å². The predicted molar refractivity (Wildman–Crippen MR) is 59.3 cm³/mol. The van der Waals surface area contributed by atoms with E-state index in [1.54, 1.807) is 13.0 Å². The molecule has 1 aromatic carbocycles. The Morgan fingerprint density at radius 1 is 1.53 bits per heavy atom. The average molecular weight is 208 g/mol. The van der Waals surface area contributed by atoms with E-state index in [0.29, 0.717) is 6.04 Å². The largest absolute Gasteiger partial charge is 0.315 e. The molecule has 2 nitrogen and oxygen atoms in total. The molecule has 82 valence electrons. The molecular formula is C12H17FN2. The molecule has 2 N–H and O–H groups in total. The normalized spacial score (nSPS) is 20.8. The Morgan fingerprint density at radius 3 is 3.07 bits per heavy atom. The number of halogens is 1. The Labute approximate surface area is 89.9 Å². The van der Waals surface area contributed by atoms with E-state index in [4.69, 9.17) is 0 Å². The first-order valence-corrected chi connectivity index (χ1v) is 5.45. The monoisotopic (exact) mass is 208 g/mol. The summed E-state index contributed by atoms with van der Waals surface area (Å²) in [7, 11) is 0. The lowest BCUT2D eigenvalue weighted by molar-refractivity contribution is 0.546. The van der Waals surface area contributed by atoms with E-state index in [2.05, 4.69) is 10.6 Å². The summed E-state index contributed by atoms with van der Waals surface area (Å²) in [4.78, 5) is 0. The van der Waals surface area contributed by atoms with Crippen molar-refractivity contribution in [2.45, 2.75) is 25.9 Å². The second kappa shape index (κ2) is 4.73. The third kappa shape index (κ3) is 2.76. The van der Waals surface area contributed by atoms with Gasteiger partial charge in [0.2, 0.25) is 0 Å². The minimum Gasteiger partial charge on any atom is -0.315 e. The molecule has 1 saturated heterocycles. The summed E-state index contributed by atoms with van der Waals surface area (Å²) < 4.78 is 13.0. The summed E-state index contributed by atoms with van der Waals surface area (Å²) in [6.45, 7) is 4.77. The van der Waals surface area contributed by atoms with Crippen molar-refractivity contribution < 1.29 is 4.39 Å². The Bertz CT molecular complexity index is 332. The number of rotatable bonds is 3. The van der Waals surface area contributed by atoms with Crippen molar-refractivity contribution in [1.29, 1.82) is 0 Å². The van der Waals surface area contributed by atoms with Crippen LogP contribution in [0.3, 0.4) is 0 Å². The Balaban J connectivity index is 1.90. The zero-order valence-electron chi connectivity index (χ0n) is 9.02. The van der Waals surface area contributed by atoms with Crippen LogP contribution in [0.2, 0.25) is 0 Å². The molecule has 3 heteroatoms. The van der Waals surface area contributed by atoms with Crippen molar-refractivity contribution in [1.82, 2.24) is 10.6 Å². The van der Waals surface area contributed by atoms with E-state index >= 15 is 0 Å². The zero-order chi connectivity index (χ0) is 10.7. The van der Waals surface area contributed by atoms with Crippen molar-refractivity contribution in [3.8, 4) is 0 Å². The van der Waals surface area contributed by atoms with Gasteiger partial charge in [0.05, 0.1) is 0 Å². The summed E-state index contributed by atoms with van der Waals surface area (Å²) >= 11 is 0. The first-order chi connectivity index (χ1) is 7.25. The average Bonchev–Trinajstić information content (AvgIpc) is 2.73. The minimum absolute atomic E-state index is 0.124. The summed E-state index contributed by atoms with van der Waals surface area (Å²) in [5.41, 5.74) is 1.87. The van der Waals surface area contributed by atoms with E-state index in [0.717, 1.165) is 30.8 Å². The molecule has 1 aliphatic heterocycles. The number of hydrogen-bond donors (Lipinski definition) is 2. The lowest BCUT2D eigenvalue weighted by Gasteiger charge is -2.11. The maximum atomic E-state index is 13.0. The van der Waals surface area contributed by atoms with E-state index < -0.39 is 0 Å². The van der Waals surface area contributed by atoms with Gasteiger partial charge in [0, 0.05) is 19.1 Å². The number of hydrogen-bond acceptors (Lipinski definition) is 2. The molecule has 2 rings (SSSR count). The molecule has 0 spiro atoms. The smallest absolute Gasteiger partial charge is 0.126 e. The summed E-state index contributed by atoms with van der Waals surface area (Å²) in [5, 5.41) is 6.77. The van der Waals surface area contributed by atoms with Gasteiger partial charge >= 0.3 is 0 Å². The summed E-state index contributed by atoms with van der Waals surface area (Å²) in [5.74, 6) is -0.124. The third-order valence-electron chi connectivity index (χ3n) is 2.88. The van der Waals surface area contributed by atoms with Gasteiger partial charge in [0.15, 0.2) is 0 Å². The second-order valence-electron chi connectivity index (χ2n) is 4.15. The Morgan fingerprint density at radius 2 is 2.40 bits per heavy atom. The predicted octanol–water partition coefficient (Wildman–Crippen LogP) is 1.59. The molecule has 1 heterocycles. The van der Waals surface area contributed by atoms with Crippen LogP contribution < -0.4 is 10.6 Å². The first-order valence-electron chi connectivity index (χ1n) is 5.45. The van der Waals surface area contributed by atoms with E-state index in [-0.39, 0.29) is 5.82 Å². The van der Waals surface area contributed by atoms with Crippen molar-refractivity contribution in [2.24, 2.45) is 0 Å². The van der Waals surface area contributed by atoms with Crippen LogP contribution in [0.1, 0.15) is 17.5 Å². The van der Waals surface area contributed by atoms with Gasteiger partial charge in [0.25, 0.3) is 0 Å². The van der Waals surface area contributed by atoms with Gasteiger partial charge < -0.3 is 10.6 Å². The SMILES string of the molecule is Cc1cc(CNC2CCNC2)ccc1F. The molecule has 0 aromatic heterocycles. The van der Waals surface area contributed by atoms with Gasteiger partial charge in [-0.3, -0.25) is 0 Å². The number of nitrogens with one attached hydrogen (secondary N) is 2. The molecule has 0 aliphatic carbocycles. The molecule has 1 fully saturated rings. The minimum atomic E-state index is -0.124. The summed E-state index contributed by atoms with van der Waals surface area (Å²) in [6.07, 6.45) is 1.18. The van der Waals surface area contributed by atoms with Gasteiger partial charge in [-0.1, -0.05) is 12.1 Å². The van der Waals surface area contributed by atoms with Gasteiger partial charge in [-0.2, -0.15) is 0 Å². The fraction of sp³-hybridized carbons (Fsp3) is 0.500. The van der Waals surface area contributed by atoms with Crippen molar-refractivity contribution in [3.63, 3.8) is 0 Å². The molecule has 0 radical (unpaired) electrons. The molecule has 15 heavy (non-hydrogen) atoms. The highest BCUT2D eigenvalue weighted by atomic mass is 19.1. The maximum Gasteiger partial charge on any atom is 0.126 e. The maximum absolute atomic E-state index is 13.0. The van der Waals surface area contributed by atoms with Crippen LogP contribution in [0.5, 0.6) is 0 Å². The van der Waals surface area contributed by atoms with E-state index in [1.165, 1.54) is 6.42 Å². The topological polar surface area (TPSA) is 24.1 Å². The molecule has 1 aliphatic rings. The quantitative estimate of drug-likeness (QED) is 0.788. The van der Waals surface area contributed by atoms with E-state index in [1.807, 2.05) is 12.1 Å². The highest BCUT2D eigenvalue weighted by Gasteiger charge is 2.13. The molecule has 0 bridgehead atoms. The lowest BCUT2D eigenvalue weighted by Crippen LogP contribution is -2.30. The van der Waals surface area contributed by atoms with Crippen LogP contribution >= 0.6 is 0 Å². The highest BCUT2D eigenvalue weighted by molar-refractivity contribution is 5.23. The van der Waals surface area contributed by atoms with Crippen molar-refractivity contribution in [2.75, 3.05) is 13.1 Å². The number of benzene rings is 1. The Kier molecular flexibility index (Phi) is 3.34. The van der Waals surface area contributed by atoms with Gasteiger partial charge in [-0.25, -0.2) is 4.39 Å². The first kappa shape index (κ1) is 10.6. The van der Waals surface area contributed by atoms with Crippen LogP contribution in [-0.4, -0.2) is 19.1 Å². The lowest BCUT2D eigenvalue weighted by atomic mass is 10.1. The molecule has 0 amide bonds. The van der Waals surface area contributed by atoms with Gasteiger partial charge in [0.1, 0.15) is 5.82 Å². The standard InChI is InChI=1S/C12H17FN2/c1-9-6-10(2-3-12(9)13)7-15-11-4-5-14-8-11/h2-3,6,11,14-15H,4-5,7-8H2,1H3. The summed E-state index contributed by atoms with van der Waals surface area (Å²) in [6, 6.07) is 5.86. The second-order valence-corrected chi connectivity index (χ2v) is 4.15. The van der Waals surface area contributed by atoms with Crippen molar-refractivity contribution >= 4 is 0 Å². The zero-order valence-corrected chi connectivity index (χ0v) is 9.02.